The molecule has 2 rings (SSSR count). The zero-order valence-corrected chi connectivity index (χ0v) is 12.1. The Morgan fingerprint density at radius 2 is 2.21 bits per heavy atom. The Hall–Kier alpha value is -1.61. The second-order valence-corrected chi connectivity index (χ2v) is 4.94. The lowest BCUT2D eigenvalue weighted by Crippen LogP contribution is -2.11. The number of Topliss-reactive ketones (excluding diaryl/α,β-unsaturated/α-hetero) is 1. The third-order valence-electron chi connectivity index (χ3n) is 3.46. The highest BCUT2D eigenvalue weighted by Gasteiger charge is 2.18. The van der Waals surface area contributed by atoms with Gasteiger partial charge < -0.3 is 4.57 Å². The van der Waals surface area contributed by atoms with Crippen molar-refractivity contribution in [2.24, 2.45) is 0 Å². The second-order valence-electron chi connectivity index (χ2n) is 4.67. The van der Waals surface area contributed by atoms with Gasteiger partial charge in [-0.25, -0.2) is 0 Å². The van der Waals surface area contributed by atoms with Crippen molar-refractivity contribution in [2.45, 2.75) is 26.8 Å². The minimum atomic E-state index is -0.0283. The molecule has 0 aliphatic rings. The molecule has 1 atom stereocenters. The van der Waals surface area contributed by atoms with Crippen LogP contribution in [0.1, 0.15) is 40.3 Å². The molecular weight excluding hydrogens is 260 g/mol. The number of aryl methyl sites for hydroxylation is 1. The molecule has 0 N–H and O–H groups in total. The summed E-state index contributed by atoms with van der Waals surface area (Å²) in [5.41, 5.74) is 3.85. The summed E-state index contributed by atoms with van der Waals surface area (Å²) in [4.78, 5) is 15.9. The summed E-state index contributed by atoms with van der Waals surface area (Å²) in [5.74, 6) is -0.00892. The van der Waals surface area contributed by atoms with Crippen LogP contribution in [0.2, 0.25) is 0 Å². The van der Waals surface area contributed by atoms with E-state index in [0.717, 1.165) is 17.0 Å². The van der Waals surface area contributed by atoms with E-state index in [0.29, 0.717) is 5.56 Å². The Labute approximate surface area is 118 Å². The molecular formula is C15H17ClN2O. The first-order valence-corrected chi connectivity index (χ1v) is 6.77. The number of pyridine rings is 1. The molecule has 0 aliphatic carbocycles. The highest BCUT2D eigenvalue weighted by Crippen LogP contribution is 2.25. The second kappa shape index (κ2) is 5.57. The fraction of sp³-hybridized carbons (Fsp3) is 0.333. The van der Waals surface area contributed by atoms with Gasteiger partial charge in [-0.1, -0.05) is 6.07 Å². The molecule has 3 nitrogen and oxygen atoms in total. The first kappa shape index (κ1) is 13.8. The minimum absolute atomic E-state index is 0.0194. The molecule has 2 aromatic heterocycles. The normalized spacial score (nSPS) is 12.4. The van der Waals surface area contributed by atoms with Crippen molar-refractivity contribution < 1.29 is 4.79 Å². The molecule has 0 saturated carbocycles. The molecule has 0 amide bonds. The van der Waals surface area contributed by atoms with Gasteiger partial charge in [0, 0.05) is 29.3 Å². The van der Waals surface area contributed by atoms with Gasteiger partial charge in [-0.2, -0.15) is 0 Å². The van der Waals surface area contributed by atoms with E-state index >= 15 is 0 Å². The number of rotatable bonds is 4. The van der Waals surface area contributed by atoms with Crippen LogP contribution in [-0.2, 0) is 0 Å². The summed E-state index contributed by atoms with van der Waals surface area (Å²) in [5, 5.41) is 0. The third-order valence-corrected chi connectivity index (χ3v) is 3.70. The van der Waals surface area contributed by atoms with Gasteiger partial charge in [0.05, 0.1) is 11.9 Å². The Kier molecular flexibility index (Phi) is 4.05. The van der Waals surface area contributed by atoms with Gasteiger partial charge in [0.25, 0.3) is 0 Å². The molecule has 2 aromatic rings. The van der Waals surface area contributed by atoms with Gasteiger partial charge in [0.1, 0.15) is 0 Å². The molecule has 0 radical (unpaired) electrons. The van der Waals surface area contributed by atoms with Crippen LogP contribution < -0.4 is 0 Å². The standard InChI is InChI=1S/C15H17ClN2O/c1-10-7-14(15(19)8-16)12(3)18(10)11(2)13-5-4-6-17-9-13/h4-7,9,11H,8H2,1-3H3. The molecule has 0 aliphatic heterocycles. The van der Waals surface area contributed by atoms with E-state index in [4.69, 9.17) is 11.6 Å². The van der Waals surface area contributed by atoms with E-state index in [1.165, 1.54) is 0 Å². The topological polar surface area (TPSA) is 34.9 Å². The van der Waals surface area contributed by atoms with Crippen LogP contribution >= 0.6 is 11.6 Å². The summed E-state index contributed by atoms with van der Waals surface area (Å²) in [6, 6.07) is 6.02. The highest BCUT2D eigenvalue weighted by atomic mass is 35.5. The number of aromatic nitrogens is 2. The molecule has 4 heteroatoms. The number of hydrogen-bond acceptors (Lipinski definition) is 2. The summed E-state index contributed by atoms with van der Waals surface area (Å²) in [6.45, 7) is 6.07. The van der Waals surface area contributed by atoms with E-state index in [9.17, 15) is 4.79 Å². The zero-order chi connectivity index (χ0) is 14.0. The summed E-state index contributed by atoms with van der Waals surface area (Å²) >= 11 is 5.65. The van der Waals surface area contributed by atoms with Crippen LogP contribution in [0.25, 0.3) is 0 Å². The largest absolute Gasteiger partial charge is 0.341 e. The van der Waals surface area contributed by atoms with Crippen LogP contribution in [0.3, 0.4) is 0 Å². The third kappa shape index (κ3) is 2.56. The van der Waals surface area contributed by atoms with Gasteiger partial charge in [0.2, 0.25) is 0 Å². The van der Waals surface area contributed by atoms with Gasteiger partial charge in [-0.3, -0.25) is 9.78 Å². The van der Waals surface area contributed by atoms with E-state index < -0.39 is 0 Å². The maximum atomic E-state index is 11.8. The maximum Gasteiger partial charge on any atom is 0.179 e. The molecule has 0 fully saturated rings. The molecule has 0 spiro atoms. The Morgan fingerprint density at radius 3 is 2.79 bits per heavy atom. The smallest absolute Gasteiger partial charge is 0.179 e. The zero-order valence-electron chi connectivity index (χ0n) is 11.4. The predicted molar refractivity (Wildman–Crippen MR) is 77.0 cm³/mol. The van der Waals surface area contributed by atoms with Crippen molar-refractivity contribution in [3.05, 3.63) is 53.1 Å². The first-order chi connectivity index (χ1) is 9.06. The number of alkyl halides is 1. The number of carbonyl (C=O) groups is 1. The number of hydrogen-bond donors (Lipinski definition) is 0. The fourth-order valence-corrected chi connectivity index (χ4v) is 2.64. The van der Waals surface area contributed by atoms with Crippen molar-refractivity contribution in [3.8, 4) is 0 Å². The average Bonchev–Trinajstić information content (AvgIpc) is 2.73. The monoisotopic (exact) mass is 276 g/mol. The number of halogens is 1. The SMILES string of the molecule is Cc1cc(C(=O)CCl)c(C)n1C(C)c1cccnc1. The summed E-state index contributed by atoms with van der Waals surface area (Å²) < 4.78 is 2.15. The molecule has 2 heterocycles. The molecule has 1 unspecified atom stereocenters. The molecule has 0 aromatic carbocycles. The van der Waals surface area contributed by atoms with Crippen molar-refractivity contribution >= 4 is 17.4 Å². The molecule has 19 heavy (non-hydrogen) atoms. The van der Waals surface area contributed by atoms with Gasteiger partial charge in [-0.15, -0.1) is 11.6 Å². The number of ketones is 1. The lowest BCUT2D eigenvalue weighted by molar-refractivity contribution is 0.102. The Balaban J connectivity index is 2.46. The van der Waals surface area contributed by atoms with E-state index in [2.05, 4.69) is 16.5 Å². The minimum Gasteiger partial charge on any atom is -0.341 e. The molecule has 0 saturated heterocycles. The van der Waals surface area contributed by atoms with Crippen LogP contribution in [-0.4, -0.2) is 21.2 Å². The van der Waals surface area contributed by atoms with Crippen LogP contribution in [0, 0.1) is 13.8 Å². The lowest BCUT2D eigenvalue weighted by atomic mass is 10.1. The predicted octanol–water partition coefficient (Wildman–Crippen LogP) is 3.53. The van der Waals surface area contributed by atoms with Crippen LogP contribution in [0.5, 0.6) is 0 Å². The molecule has 0 bridgehead atoms. The van der Waals surface area contributed by atoms with Crippen LogP contribution in [0.15, 0.2) is 30.6 Å². The fourth-order valence-electron chi connectivity index (χ4n) is 2.50. The average molecular weight is 277 g/mol. The summed E-state index contributed by atoms with van der Waals surface area (Å²) in [6.07, 6.45) is 3.61. The van der Waals surface area contributed by atoms with E-state index in [1.807, 2.05) is 38.2 Å². The number of nitrogens with zero attached hydrogens (tertiary/aromatic N) is 2. The van der Waals surface area contributed by atoms with Crippen molar-refractivity contribution in [1.29, 1.82) is 0 Å². The van der Waals surface area contributed by atoms with Gasteiger partial charge in [0.15, 0.2) is 5.78 Å². The molecule has 100 valence electrons. The Morgan fingerprint density at radius 1 is 1.47 bits per heavy atom. The number of carbonyl (C=O) groups excluding carboxylic acids is 1. The van der Waals surface area contributed by atoms with Gasteiger partial charge >= 0.3 is 0 Å². The van der Waals surface area contributed by atoms with Crippen molar-refractivity contribution in [2.75, 3.05) is 5.88 Å². The van der Waals surface area contributed by atoms with Crippen molar-refractivity contribution in [1.82, 2.24) is 9.55 Å². The first-order valence-electron chi connectivity index (χ1n) is 6.23. The highest BCUT2D eigenvalue weighted by molar-refractivity contribution is 6.30. The van der Waals surface area contributed by atoms with E-state index in [-0.39, 0.29) is 17.7 Å². The van der Waals surface area contributed by atoms with Crippen molar-refractivity contribution in [3.63, 3.8) is 0 Å². The summed E-state index contributed by atoms with van der Waals surface area (Å²) in [7, 11) is 0. The maximum absolute atomic E-state index is 11.8. The van der Waals surface area contributed by atoms with E-state index in [1.54, 1.807) is 6.20 Å². The van der Waals surface area contributed by atoms with Gasteiger partial charge in [-0.05, 0) is 38.5 Å². The lowest BCUT2D eigenvalue weighted by Gasteiger charge is -2.18. The quantitative estimate of drug-likeness (QED) is 0.632. The Bertz CT molecular complexity index is 590. The van der Waals surface area contributed by atoms with Crippen LogP contribution in [0.4, 0.5) is 0 Å².